The molecule has 4 aliphatic rings. The van der Waals surface area contributed by atoms with Gasteiger partial charge < -0.3 is 24.5 Å². The third-order valence-corrected chi connectivity index (χ3v) is 12.0. The van der Waals surface area contributed by atoms with E-state index in [9.17, 15) is 14.7 Å². The van der Waals surface area contributed by atoms with E-state index >= 15 is 4.79 Å². The number of amides is 3. The molecule has 5 heterocycles. The SMILES string of the molecule is CCOc1ccc(N2CC=C[C@H]3S[C@]45C=CCN(Cn6nnc7ccccc76)C(=O)C4N([C@@H](CO)Cc4ccccc4)C(=O)[C@@H]5[C@H]3C2=O)cc1. The maximum Gasteiger partial charge on any atom is 0.248 e. The molecule has 4 aromatic rings. The summed E-state index contributed by atoms with van der Waals surface area (Å²) in [5.41, 5.74) is 3.16. The third-order valence-electron chi connectivity index (χ3n) is 10.3. The fraction of sp³-hybridized carbons (Fsp3) is 0.342. The van der Waals surface area contributed by atoms with Crippen LogP contribution in [0.1, 0.15) is 12.5 Å². The minimum atomic E-state index is -1.03. The van der Waals surface area contributed by atoms with Gasteiger partial charge in [-0.2, -0.15) is 0 Å². The number of para-hydroxylation sites is 1. The Morgan fingerprint density at radius 1 is 0.940 bits per heavy atom. The Morgan fingerprint density at radius 2 is 1.72 bits per heavy atom. The van der Waals surface area contributed by atoms with Gasteiger partial charge in [-0.3, -0.25) is 14.4 Å². The average molecular weight is 691 g/mol. The fourth-order valence-electron chi connectivity index (χ4n) is 8.08. The molecule has 1 unspecified atom stereocenters. The Balaban J connectivity index is 1.19. The van der Waals surface area contributed by atoms with Crippen LogP contribution in [0.4, 0.5) is 5.69 Å². The van der Waals surface area contributed by atoms with Gasteiger partial charge in [0.2, 0.25) is 17.7 Å². The van der Waals surface area contributed by atoms with Crippen molar-refractivity contribution in [2.24, 2.45) is 11.8 Å². The van der Waals surface area contributed by atoms with Crippen LogP contribution in [0.3, 0.4) is 0 Å². The van der Waals surface area contributed by atoms with E-state index in [2.05, 4.69) is 10.3 Å². The lowest BCUT2D eigenvalue weighted by atomic mass is 9.78. The summed E-state index contributed by atoms with van der Waals surface area (Å²) in [7, 11) is 0. The number of thioether (sulfide) groups is 1. The zero-order valence-electron chi connectivity index (χ0n) is 27.6. The van der Waals surface area contributed by atoms with Crippen LogP contribution in [-0.2, 0) is 27.5 Å². The Labute approximate surface area is 294 Å². The van der Waals surface area contributed by atoms with Crippen molar-refractivity contribution in [2.75, 3.05) is 31.2 Å². The van der Waals surface area contributed by atoms with E-state index in [4.69, 9.17) is 4.74 Å². The Kier molecular flexibility index (Phi) is 8.44. The van der Waals surface area contributed by atoms with Crippen LogP contribution in [0.2, 0.25) is 0 Å². The van der Waals surface area contributed by atoms with Gasteiger partial charge in [-0.1, -0.05) is 72.0 Å². The number of aliphatic hydroxyl groups excluding tert-OH is 1. The highest BCUT2D eigenvalue weighted by Gasteiger charge is 2.71. The maximum absolute atomic E-state index is 15.0. The molecule has 8 rings (SSSR count). The highest BCUT2D eigenvalue weighted by molar-refractivity contribution is 8.02. The van der Waals surface area contributed by atoms with Gasteiger partial charge in [0, 0.05) is 24.0 Å². The zero-order chi connectivity index (χ0) is 34.4. The van der Waals surface area contributed by atoms with E-state index in [1.54, 1.807) is 19.4 Å². The molecule has 11 nitrogen and oxygen atoms in total. The summed E-state index contributed by atoms with van der Waals surface area (Å²) in [6, 6.07) is 23.0. The molecule has 0 aliphatic carbocycles. The number of aliphatic hydroxyl groups is 1. The van der Waals surface area contributed by atoms with E-state index in [0.29, 0.717) is 37.6 Å². The number of rotatable bonds is 9. The molecule has 2 saturated heterocycles. The molecule has 0 saturated carbocycles. The van der Waals surface area contributed by atoms with Crippen LogP contribution < -0.4 is 9.64 Å². The van der Waals surface area contributed by atoms with Gasteiger partial charge in [-0.05, 0) is 55.3 Å². The molecule has 50 heavy (non-hydrogen) atoms. The number of nitrogens with zero attached hydrogens (tertiary/aromatic N) is 6. The first-order chi connectivity index (χ1) is 24.4. The molecule has 256 valence electrons. The normalized spacial score (nSPS) is 26.5. The molecule has 4 aliphatic heterocycles. The standard InChI is InChI=1S/C38H38N6O5S/c1-2-49-28-17-15-26(16-18-28)42-21-8-14-31-32(35(42)46)33-36(47)44(27(23-45)22-25-10-4-3-5-11-25)34-37(48)41(20-9-19-38(33,34)50-31)24-43-30-13-7-6-12-29(30)39-40-43/h3-19,27,31-34,45H,2,20-24H2,1H3/t27-,31-,32+,33+,34?,38+/m1/s1. The van der Waals surface area contributed by atoms with Gasteiger partial charge in [-0.25, -0.2) is 4.68 Å². The first-order valence-electron chi connectivity index (χ1n) is 17.0. The lowest BCUT2D eigenvalue weighted by molar-refractivity contribution is -0.146. The molecule has 2 fully saturated rings. The summed E-state index contributed by atoms with van der Waals surface area (Å²) in [5, 5.41) is 19.2. The third kappa shape index (κ3) is 5.28. The molecule has 1 spiro atoms. The van der Waals surface area contributed by atoms with Crippen molar-refractivity contribution in [3.8, 4) is 5.75 Å². The van der Waals surface area contributed by atoms with E-state index in [1.165, 1.54) is 11.8 Å². The number of ether oxygens (including phenoxy) is 1. The van der Waals surface area contributed by atoms with Gasteiger partial charge in [0.05, 0.1) is 41.4 Å². The van der Waals surface area contributed by atoms with Gasteiger partial charge in [-0.15, -0.1) is 16.9 Å². The highest BCUT2D eigenvalue weighted by Crippen LogP contribution is 2.61. The Bertz CT molecular complexity index is 1980. The van der Waals surface area contributed by atoms with E-state index in [-0.39, 0.29) is 36.2 Å². The monoisotopic (exact) mass is 690 g/mol. The second kappa shape index (κ2) is 13.1. The number of anilines is 1. The zero-order valence-corrected chi connectivity index (χ0v) is 28.4. The summed E-state index contributed by atoms with van der Waals surface area (Å²) in [5.74, 6) is -1.52. The summed E-state index contributed by atoms with van der Waals surface area (Å²) in [6.45, 7) is 2.91. The molecule has 0 radical (unpaired) electrons. The smallest absolute Gasteiger partial charge is 0.248 e. The first kappa shape index (κ1) is 32.3. The van der Waals surface area contributed by atoms with Gasteiger partial charge in [0.25, 0.3) is 0 Å². The second-order valence-electron chi connectivity index (χ2n) is 13.1. The molecule has 6 atom stereocenters. The van der Waals surface area contributed by atoms with Crippen LogP contribution in [-0.4, -0.2) is 96.0 Å². The highest BCUT2D eigenvalue weighted by atomic mass is 32.2. The van der Waals surface area contributed by atoms with Gasteiger partial charge >= 0.3 is 0 Å². The van der Waals surface area contributed by atoms with E-state index in [0.717, 1.165) is 16.6 Å². The fourth-order valence-corrected chi connectivity index (χ4v) is 10.1. The largest absolute Gasteiger partial charge is 0.494 e. The maximum atomic E-state index is 15.0. The van der Waals surface area contributed by atoms with Crippen molar-refractivity contribution in [3.05, 3.63) is 109 Å². The number of fused-ring (bicyclic) bond motifs is 3. The first-order valence-corrected chi connectivity index (χ1v) is 17.9. The Hall–Kier alpha value is -4.94. The van der Waals surface area contributed by atoms with Crippen molar-refractivity contribution < 1.29 is 24.2 Å². The average Bonchev–Trinajstić information content (AvgIpc) is 3.70. The number of hydrogen-bond acceptors (Lipinski definition) is 8. The minimum absolute atomic E-state index is 0.132. The number of benzene rings is 3. The van der Waals surface area contributed by atoms with E-state index in [1.807, 2.05) is 110 Å². The second-order valence-corrected chi connectivity index (χ2v) is 14.6. The molecule has 1 aromatic heterocycles. The van der Waals surface area contributed by atoms with Crippen molar-refractivity contribution in [3.63, 3.8) is 0 Å². The van der Waals surface area contributed by atoms with Gasteiger partial charge in [0.15, 0.2) is 0 Å². The lowest BCUT2D eigenvalue weighted by Gasteiger charge is -2.38. The van der Waals surface area contributed by atoms with Crippen molar-refractivity contribution in [2.45, 2.75) is 42.1 Å². The summed E-state index contributed by atoms with van der Waals surface area (Å²) in [6.07, 6.45) is 8.31. The predicted molar refractivity (Wildman–Crippen MR) is 190 cm³/mol. The molecule has 0 bridgehead atoms. The van der Waals surface area contributed by atoms with E-state index < -0.39 is 28.7 Å². The summed E-state index contributed by atoms with van der Waals surface area (Å²) < 4.78 is 6.29. The Morgan fingerprint density at radius 3 is 2.50 bits per heavy atom. The van der Waals surface area contributed by atoms with Crippen LogP contribution in [0, 0.1) is 11.8 Å². The number of carbonyl (C=O) groups excluding carboxylic acids is 3. The minimum Gasteiger partial charge on any atom is -0.494 e. The summed E-state index contributed by atoms with van der Waals surface area (Å²) >= 11 is 1.52. The summed E-state index contributed by atoms with van der Waals surface area (Å²) in [4.78, 5) is 49.7. The predicted octanol–water partition coefficient (Wildman–Crippen LogP) is 3.69. The van der Waals surface area contributed by atoms with Crippen molar-refractivity contribution >= 4 is 46.2 Å². The van der Waals surface area contributed by atoms with Crippen molar-refractivity contribution in [1.82, 2.24) is 24.8 Å². The molecule has 3 amide bonds. The number of aromatic nitrogens is 3. The van der Waals surface area contributed by atoms with Gasteiger partial charge in [0.1, 0.15) is 24.0 Å². The van der Waals surface area contributed by atoms with Crippen LogP contribution >= 0.6 is 11.8 Å². The molecular formula is C38H38N6O5S. The van der Waals surface area contributed by atoms with Crippen LogP contribution in [0.5, 0.6) is 5.75 Å². The molecule has 1 N–H and O–H groups in total. The van der Waals surface area contributed by atoms with Crippen LogP contribution in [0.25, 0.3) is 11.0 Å². The van der Waals surface area contributed by atoms with Crippen LogP contribution in [0.15, 0.2) is 103 Å². The molecular weight excluding hydrogens is 653 g/mol. The molecule has 3 aromatic carbocycles. The quantitative estimate of drug-likeness (QED) is 0.264. The number of hydrogen-bond donors (Lipinski definition) is 1. The molecule has 12 heteroatoms. The number of carbonyl (C=O) groups is 3. The lowest BCUT2D eigenvalue weighted by Crippen LogP contribution is -2.57. The topological polar surface area (TPSA) is 121 Å². The number of likely N-dealkylation sites (tertiary alicyclic amines) is 1. The van der Waals surface area contributed by atoms with Crippen molar-refractivity contribution in [1.29, 1.82) is 0 Å².